The van der Waals surface area contributed by atoms with Crippen LogP contribution in [0.5, 0.6) is 0 Å². The third kappa shape index (κ3) is 1.20. The van der Waals surface area contributed by atoms with E-state index in [1.807, 2.05) is 0 Å². The van der Waals surface area contributed by atoms with Gasteiger partial charge in [0.05, 0.1) is 6.61 Å². The van der Waals surface area contributed by atoms with E-state index in [0.29, 0.717) is 6.61 Å². The zero-order valence-corrected chi connectivity index (χ0v) is 7.06. The molecule has 2 N–H and O–H groups in total. The summed E-state index contributed by atoms with van der Waals surface area (Å²) in [5.41, 5.74) is 1.68. The van der Waals surface area contributed by atoms with Gasteiger partial charge in [-0.2, -0.15) is 11.3 Å². The topological polar surface area (TPSA) is 35.2 Å². The van der Waals surface area contributed by atoms with Crippen molar-refractivity contribution in [1.82, 2.24) is 0 Å². The number of thiophene rings is 1. The lowest BCUT2D eigenvalue weighted by atomic mass is 10.0. The molecule has 60 valence electrons. The molecule has 1 fully saturated rings. The van der Waals surface area contributed by atoms with Crippen LogP contribution in [0, 0.1) is 0 Å². The summed E-state index contributed by atoms with van der Waals surface area (Å²) in [5.74, 6) is 5.06. The molecular formula is C8H11NOS. The van der Waals surface area contributed by atoms with E-state index in [4.69, 9.17) is 10.7 Å². The summed E-state index contributed by atoms with van der Waals surface area (Å²) < 4.78 is 0. The van der Waals surface area contributed by atoms with Crippen LogP contribution in [0.1, 0.15) is 18.4 Å². The van der Waals surface area contributed by atoms with Crippen LogP contribution in [0.4, 0.5) is 0 Å². The van der Waals surface area contributed by atoms with E-state index in [2.05, 4.69) is 16.8 Å². The third-order valence-corrected chi connectivity index (χ3v) is 3.03. The normalized spacial score (nSPS) is 20.1. The monoisotopic (exact) mass is 169 g/mol. The Morgan fingerprint density at radius 2 is 2.45 bits per heavy atom. The van der Waals surface area contributed by atoms with Crippen molar-refractivity contribution in [3.63, 3.8) is 0 Å². The Bertz CT molecular complexity index is 228. The standard InChI is InChI=1S/C8H11NOS/c9-10-6-8(2-3-8)7-1-4-11-5-7/h1,4-5H,2-3,6,9H2. The number of hydrogen-bond donors (Lipinski definition) is 1. The van der Waals surface area contributed by atoms with Crippen molar-refractivity contribution in [3.8, 4) is 0 Å². The molecule has 0 spiro atoms. The van der Waals surface area contributed by atoms with E-state index in [1.54, 1.807) is 11.3 Å². The molecule has 11 heavy (non-hydrogen) atoms. The van der Waals surface area contributed by atoms with Crippen LogP contribution in [-0.2, 0) is 10.3 Å². The Labute approximate surface area is 69.9 Å². The van der Waals surface area contributed by atoms with Crippen molar-refractivity contribution >= 4 is 11.3 Å². The molecule has 1 aromatic rings. The average molecular weight is 169 g/mol. The highest BCUT2D eigenvalue weighted by Crippen LogP contribution is 2.48. The first-order valence-corrected chi connectivity index (χ1v) is 4.66. The van der Waals surface area contributed by atoms with Crippen LogP contribution in [0.15, 0.2) is 16.8 Å². The van der Waals surface area contributed by atoms with Gasteiger partial charge >= 0.3 is 0 Å². The van der Waals surface area contributed by atoms with Gasteiger partial charge in [0.25, 0.3) is 0 Å². The first kappa shape index (κ1) is 7.28. The zero-order valence-electron chi connectivity index (χ0n) is 6.25. The van der Waals surface area contributed by atoms with E-state index < -0.39 is 0 Å². The molecule has 1 aromatic heterocycles. The van der Waals surface area contributed by atoms with Gasteiger partial charge in [-0.3, -0.25) is 0 Å². The summed E-state index contributed by atoms with van der Waals surface area (Å²) in [7, 11) is 0. The van der Waals surface area contributed by atoms with E-state index in [9.17, 15) is 0 Å². The van der Waals surface area contributed by atoms with Gasteiger partial charge in [0.2, 0.25) is 0 Å². The highest BCUT2D eigenvalue weighted by Gasteiger charge is 2.44. The van der Waals surface area contributed by atoms with Crippen LogP contribution in [-0.4, -0.2) is 6.61 Å². The van der Waals surface area contributed by atoms with Gasteiger partial charge in [0, 0.05) is 5.41 Å². The molecule has 0 unspecified atom stereocenters. The SMILES string of the molecule is NOCC1(c2ccsc2)CC1. The lowest BCUT2D eigenvalue weighted by molar-refractivity contribution is 0.116. The molecule has 0 saturated heterocycles. The summed E-state index contributed by atoms with van der Waals surface area (Å²) in [6, 6.07) is 2.16. The molecule has 0 atom stereocenters. The van der Waals surface area contributed by atoms with Gasteiger partial charge in [-0.25, -0.2) is 5.90 Å². The van der Waals surface area contributed by atoms with Gasteiger partial charge in [-0.15, -0.1) is 0 Å². The Hall–Kier alpha value is -0.380. The summed E-state index contributed by atoms with van der Waals surface area (Å²) >= 11 is 1.74. The molecule has 0 bridgehead atoms. The van der Waals surface area contributed by atoms with Gasteiger partial charge in [-0.1, -0.05) is 0 Å². The number of hydrogen-bond acceptors (Lipinski definition) is 3. The first-order chi connectivity index (χ1) is 5.37. The fourth-order valence-electron chi connectivity index (χ4n) is 1.39. The second-order valence-corrected chi connectivity index (χ2v) is 3.88. The Morgan fingerprint density at radius 1 is 1.64 bits per heavy atom. The number of nitrogens with two attached hydrogens (primary N) is 1. The summed E-state index contributed by atoms with van der Waals surface area (Å²) in [6.45, 7) is 0.670. The number of rotatable bonds is 3. The van der Waals surface area contributed by atoms with Crippen LogP contribution in [0.25, 0.3) is 0 Å². The van der Waals surface area contributed by atoms with Crippen LogP contribution >= 0.6 is 11.3 Å². The summed E-state index contributed by atoms with van der Waals surface area (Å²) in [4.78, 5) is 4.70. The molecule has 1 heterocycles. The Balaban J connectivity index is 2.15. The maximum absolute atomic E-state index is 5.06. The molecule has 3 heteroatoms. The van der Waals surface area contributed by atoms with E-state index in [-0.39, 0.29) is 5.41 Å². The second-order valence-electron chi connectivity index (χ2n) is 3.10. The molecule has 1 aliphatic carbocycles. The molecule has 2 nitrogen and oxygen atoms in total. The molecule has 0 aromatic carbocycles. The van der Waals surface area contributed by atoms with Crippen LogP contribution in [0.3, 0.4) is 0 Å². The highest BCUT2D eigenvalue weighted by atomic mass is 32.1. The van der Waals surface area contributed by atoms with Crippen molar-refractivity contribution in [3.05, 3.63) is 22.4 Å². The minimum atomic E-state index is 0.286. The van der Waals surface area contributed by atoms with Gasteiger partial charge in [0.15, 0.2) is 0 Å². The van der Waals surface area contributed by atoms with E-state index >= 15 is 0 Å². The Kier molecular flexibility index (Phi) is 1.71. The molecule has 0 aliphatic heterocycles. The molecule has 1 aliphatic rings. The lowest BCUT2D eigenvalue weighted by Gasteiger charge is -2.10. The lowest BCUT2D eigenvalue weighted by Crippen LogP contribution is -2.17. The van der Waals surface area contributed by atoms with Crippen molar-refractivity contribution in [1.29, 1.82) is 0 Å². The maximum Gasteiger partial charge on any atom is 0.0776 e. The molecule has 1 saturated carbocycles. The minimum absolute atomic E-state index is 0.286. The van der Waals surface area contributed by atoms with Gasteiger partial charge in [-0.05, 0) is 35.2 Å². The molecule has 0 amide bonds. The van der Waals surface area contributed by atoms with Crippen molar-refractivity contribution in [2.24, 2.45) is 5.90 Å². The Morgan fingerprint density at radius 3 is 2.91 bits per heavy atom. The van der Waals surface area contributed by atoms with E-state index in [1.165, 1.54) is 18.4 Å². The second kappa shape index (κ2) is 2.59. The van der Waals surface area contributed by atoms with E-state index in [0.717, 1.165) is 0 Å². The van der Waals surface area contributed by atoms with Crippen LogP contribution in [0.2, 0.25) is 0 Å². The molecule has 2 rings (SSSR count). The fourth-order valence-corrected chi connectivity index (χ4v) is 2.17. The maximum atomic E-state index is 5.06. The zero-order chi connectivity index (χ0) is 7.73. The van der Waals surface area contributed by atoms with Crippen molar-refractivity contribution < 1.29 is 4.84 Å². The quantitative estimate of drug-likeness (QED) is 0.698. The average Bonchev–Trinajstić information content (AvgIpc) is 2.63. The van der Waals surface area contributed by atoms with Crippen molar-refractivity contribution in [2.75, 3.05) is 6.61 Å². The first-order valence-electron chi connectivity index (χ1n) is 3.72. The van der Waals surface area contributed by atoms with Gasteiger partial charge < -0.3 is 4.84 Å². The fraction of sp³-hybridized carbons (Fsp3) is 0.500. The predicted octanol–water partition coefficient (Wildman–Crippen LogP) is 1.67. The predicted molar refractivity (Wildman–Crippen MR) is 45.4 cm³/mol. The summed E-state index contributed by atoms with van der Waals surface area (Å²) in [6.07, 6.45) is 2.45. The molecule has 0 radical (unpaired) electrons. The van der Waals surface area contributed by atoms with Crippen molar-refractivity contribution in [2.45, 2.75) is 18.3 Å². The summed E-state index contributed by atoms with van der Waals surface area (Å²) in [5, 5.41) is 4.29. The smallest absolute Gasteiger partial charge is 0.0776 e. The molecular weight excluding hydrogens is 158 g/mol. The van der Waals surface area contributed by atoms with Gasteiger partial charge in [0.1, 0.15) is 0 Å². The highest BCUT2D eigenvalue weighted by molar-refractivity contribution is 7.08. The third-order valence-electron chi connectivity index (χ3n) is 2.35. The largest absolute Gasteiger partial charge is 0.304 e. The minimum Gasteiger partial charge on any atom is -0.304 e. The van der Waals surface area contributed by atoms with Crippen LogP contribution < -0.4 is 5.90 Å².